The maximum atomic E-state index is 12.3. The molecule has 0 spiro atoms. The molecule has 1 aliphatic carbocycles. The Hall–Kier alpha value is -1.82. The van der Waals surface area contributed by atoms with Gasteiger partial charge in [-0.25, -0.2) is 0 Å². The largest absolute Gasteiger partial charge is 0.352 e. The Kier molecular flexibility index (Phi) is 6.94. The number of benzene rings is 1. The quantitative estimate of drug-likeness (QED) is 0.547. The molecule has 0 radical (unpaired) electrons. The summed E-state index contributed by atoms with van der Waals surface area (Å²) in [5, 5.41) is 3.17. The molecule has 1 aromatic carbocycles. The van der Waals surface area contributed by atoms with Crippen LogP contribution in [0, 0.1) is 5.92 Å². The molecule has 0 saturated heterocycles. The summed E-state index contributed by atoms with van der Waals surface area (Å²) in [4.78, 5) is 38.0. The molecule has 1 fully saturated rings. The Labute approximate surface area is 165 Å². The highest BCUT2D eigenvalue weighted by molar-refractivity contribution is 7.99. The Morgan fingerprint density at radius 1 is 1.11 bits per heavy atom. The van der Waals surface area contributed by atoms with E-state index in [1.165, 1.54) is 24.2 Å². The Balaban J connectivity index is 1.30. The molecule has 5 nitrogen and oxygen atoms in total. The summed E-state index contributed by atoms with van der Waals surface area (Å²) >= 11 is 1.62. The molecule has 3 amide bonds. The summed E-state index contributed by atoms with van der Waals surface area (Å²) in [5.41, 5.74) is 1.01. The van der Waals surface area contributed by atoms with Crippen molar-refractivity contribution in [2.45, 2.75) is 51.5 Å². The second-order valence-corrected chi connectivity index (χ2v) is 8.61. The van der Waals surface area contributed by atoms with Gasteiger partial charge in [-0.1, -0.05) is 31.9 Å². The maximum absolute atomic E-state index is 12.3. The number of thioether (sulfide) groups is 1. The molecule has 6 heteroatoms. The van der Waals surface area contributed by atoms with E-state index in [0.29, 0.717) is 35.4 Å². The Bertz CT molecular complexity index is 671. The van der Waals surface area contributed by atoms with Crippen molar-refractivity contribution in [3.8, 4) is 0 Å². The summed E-state index contributed by atoms with van der Waals surface area (Å²) in [7, 11) is 0. The third kappa shape index (κ3) is 4.92. The van der Waals surface area contributed by atoms with Gasteiger partial charge in [0.25, 0.3) is 11.8 Å². The summed E-state index contributed by atoms with van der Waals surface area (Å²) < 4.78 is 0. The van der Waals surface area contributed by atoms with Crippen LogP contribution in [0.25, 0.3) is 0 Å². The Morgan fingerprint density at radius 2 is 1.78 bits per heavy atom. The normalized spacial score (nSPS) is 22.0. The van der Waals surface area contributed by atoms with Crippen molar-refractivity contribution in [3.05, 3.63) is 35.4 Å². The third-order valence-electron chi connectivity index (χ3n) is 5.49. The number of imide groups is 1. The highest BCUT2D eigenvalue weighted by Crippen LogP contribution is 2.24. The molecule has 0 aromatic heterocycles. The second kappa shape index (κ2) is 9.40. The summed E-state index contributed by atoms with van der Waals surface area (Å²) in [5.74, 6) is 1.66. The first-order valence-corrected chi connectivity index (χ1v) is 11.1. The topological polar surface area (TPSA) is 66.5 Å². The molecule has 0 unspecified atom stereocenters. The first kappa shape index (κ1) is 19.9. The number of nitrogens with one attached hydrogen (secondary N) is 1. The third-order valence-corrected chi connectivity index (χ3v) is 6.53. The fourth-order valence-electron chi connectivity index (χ4n) is 3.86. The lowest BCUT2D eigenvalue weighted by molar-refractivity contribution is -0.119. The SMILES string of the molecule is C[C@H]1CCCC[C@@H]1NC(=O)CSCCCCN1C(=O)c2ccccc2C1=O. The predicted molar refractivity (Wildman–Crippen MR) is 108 cm³/mol. The van der Waals surface area contributed by atoms with Gasteiger partial charge in [0.1, 0.15) is 0 Å². The molecule has 1 aromatic rings. The van der Waals surface area contributed by atoms with Crippen LogP contribution >= 0.6 is 11.8 Å². The molecule has 2 atom stereocenters. The van der Waals surface area contributed by atoms with Crippen molar-refractivity contribution in [1.82, 2.24) is 10.2 Å². The maximum Gasteiger partial charge on any atom is 0.261 e. The number of carbonyl (C=O) groups excluding carboxylic acids is 3. The summed E-state index contributed by atoms with van der Waals surface area (Å²) in [6.45, 7) is 2.66. The van der Waals surface area contributed by atoms with Gasteiger partial charge in [0, 0.05) is 12.6 Å². The van der Waals surface area contributed by atoms with Gasteiger partial charge in [0.15, 0.2) is 0 Å². The number of unbranched alkanes of at least 4 members (excludes halogenated alkanes) is 1. The van der Waals surface area contributed by atoms with Crippen LogP contribution in [0.2, 0.25) is 0 Å². The van der Waals surface area contributed by atoms with Crippen LogP contribution in [0.4, 0.5) is 0 Å². The van der Waals surface area contributed by atoms with Gasteiger partial charge in [-0.2, -0.15) is 11.8 Å². The molecular weight excluding hydrogens is 360 g/mol. The van der Waals surface area contributed by atoms with Crippen LogP contribution in [-0.2, 0) is 4.79 Å². The highest BCUT2D eigenvalue weighted by Gasteiger charge is 2.34. The van der Waals surface area contributed by atoms with Crippen molar-refractivity contribution in [2.75, 3.05) is 18.1 Å². The van der Waals surface area contributed by atoms with Crippen molar-refractivity contribution in [1.29, 1.82) is 0 Å². The molecule has 1 saturated carbocycles. The molecule has 1 N–H and O–H groups in total. The van der Waals surface area contributed by atoms with Crippen LogP contribution in [-0.4, -0.2) is 46.7 Å². The lowest BCUT2D eigenvalue weighted by Crippen LogP contribution is -2.41. The van der Waals surface area contributed by atoms with Crippen molar-refractivity contribution in [2.24, 2.45) is 5.92 Å². The van der Waals surface area contributed by atoms with E-state index in [-0.39, 0.29) is 17.7 Å². The number of hydrogen-bond donors (Lipinski definition) is 1. The van der Waals surface area contributed by atoms with Crippen LogP contribution in [0.5, 0.6) is 0 Å². The van der Waals surface area contributed by atoms with Gasteiger partial charge in [-0.3, -0.25) is 19.3 Å². The number of amides is 3. The van der Waals surface area contributed by atoms with Crippen LogP contribution < -0.4 is 5.32 Å². The standard InChI is InChI=1S/C21H28N2O3S/c1-15-8-2-5-11-18(15)22-19(24)14-27-13-7-6-12-23-20(25)16-9-3-4-10-17(16)21(23)26/h3-4,9-10,15,18H,2,5-8,11-14H2,1H3,(H,22,24)/t15-,18-/m0/s1. The number of carbonyl (C=O) groups is 3. The lowest BCUT2D eigenvalue weighted by Gasteiger charge is -2.29. The van der Waals surface area contributed by atoms with E-state index in [2.05, 4.69) is 12.2 Å². The van der Waals surface area contributed by atoms with Gasteiger partial charge in [0.05, 0.1) is 16.9 Å². The van der Waals surface area contributed by atoms with E-state index in [1.807, 2.05) is 0 Å². The fourth-order valence-corrected chi connectivity index (χ4v) is 4.68. The van der Waals surface area contributed by atoms with Crippen molar-refractivity contribution in [3.63, 3.8) is 0 Å². The molecular formula is C21H28N2O3S. The molecule has 1 aliphatic heterocycles. The second-order valence-electron chi connectivity index (χ2n) is 7.50. The van der Waals surface area contributed by atoms with Crippen molar-refractivity contribution >= 4 is 29.5 Å². The van der Waals surface area contributed by atoms with Crippen LogP contribution in [0.3, 0.4) is 0 Å². The first-order valence-electron chi connectivity index (χ1n) is 9.90. The number of rotatable bonds is 8. The number of hydrogen-bond acceptors (Lipinski definition) is 4. The van der Waals surface area contributed by atoms with E-state index < -0.39 is 0 Å². The van der Waals surface area contributed by atoms with E-state index in [9.17, 15) is 14.4 Å². The van der Waals surface area contributed by atoms with Gasteiger partial charge >= 0.3 is 0 Å². The van der Waals surface area contributed by atoms with E-state index in [0.717, 1.165) is 25.0 Å². The monoisotopic (exact) mass is 388 g/mol. The minimum absolute atomic E-state index is 0.124. The zero-order chi connectivity index (χ0) is 19.2. The van der Waals surface area contributed by atoms with Crippen LogP contribution in [0.1, 0.15) is 66.2 Å². The minimum atomic E-state index is -0.191. The minimum Gasteiger partial charge on any atom is -0.352 e. The van der Waals surface area contributed by atoms with Gasteiger partial charge in [-0.15, -0.1) is 0 Å². The summed E-state index contributed by atoms with van der Waals surface area (Å²) in [6.07, 6.45) is 6.42. The van der Waals surface area contributed by atoms with Gasteiger partial charge in [-0.05, 0) is 49.5 Å². The predicted octanol–water partition coefficient (Wildman–Crippen LogP) is 3.49. The number of fused-ring (bicyclic) bond motifs is 1. The lowest BCUT2D eigenvalue weighted by atomic mass is 9.86. The summed E-state index contributed by atoms with van der Waals surface area (Å²) in [6, 6.07) is 7.31. The molecule has 3 rings (SSSR count). The average molecular weight is 389 g/mol. The van der Waals surface area contributed by atoms with Gasteiger partial charge in [0.2, 0.25) is 5.91 Å². The fraction of sp³-hybridized carbons (Fsp3) is 0.571. The smallest absolute Gasteiger partial charge is 0.261 e. The van der Waals surface area contributed by atoms with Crippen molar-refractivity contribution < 1.29 is 14.4 Å². The first-order chi connectivity index (χ1) is 13.1. The number of nitrogens with zero attached hydrogens (tertiary/aromatic N) is 1. The van der Waals surface area contributed by atoms with E-state index in [4.69, 9.17) is 0 Å². The Morgan fingerprint density at radius 3 is 2.44 bits per heavy atom. The molecule has 2 aliphatic rings. The average Bonchev–Trinajstić information content (AvgIpc) is 2.91. The zero-order valence-electron chi connectivity index (χ0n) is 15.9. The van der Waals surface area contributed by atoms with Crippen LogP contribution in [0.15, 0.2) is 24.3 Å². The highest BCUT2D eigenvalue weighted by atomic mass is 32.2. The molecule has 27 heavy (non-hydrogen) atoms. The molecule has 0 bridgehead atoms. The van der Waals surface area contributed by atoms with E-state index >= 15 is 0 Å². The van der Waals surface area contributed by atoms with Gasteiger partial charge < -0.3 is 5.32 Å². The van der Waals surface area contributed by atoms with E-state index in [1.54, 1.807) is 36.0 Å². The zero-order valence-corrected chi connectivity index (χ0v) is 16.7. The molecule has 1 heterocycles. The molecule has 146 valence electrons.